The number of carbonyl (C=O) groups is 3. The van der Waals surface area contributed by atoms with Crippen molar-refractivity contribution < 1.29 is 14.4 Å². The summed E-state index contributed by atoms with van der Waals surface area (Å²) in [4.78, 5) is 50.0. The van der Waals surface area contributed by atoms with Crippen molar-refractivity contribution in [3.05, 3.63) is 78.4 Å². The molecular formula is C27H22N6O3. The third-order valence-corrected chi connectivity index (χ3v) is 6.55. The molecule has 0 saturated carbocycles. The fraction of sp³-hybridized carbons (Fsp3) is 0.111. The predicted molar refractivity (Wildman–Crippen MR) is 138 cm³/mol. The van der Waals surface area contributed by atoms with Crippen LogP contribution in [-0.4, -0.2) is 39.2 Å². The number of amides is 3. The van der Waals surface area contributed by atoms with Crippen molar-refractivity contribution in [1.29, 1.82) is 0 Å². The van der Waals surface area contributed by atoms with E-state index in [0.717, 1.165) is 34.0 Å². The quantitative estimate of drug-likeness (QED) is 0.301. The highest BCUT2D eigenvalue weighted by molar-refractivity contribution is 6.22. The summed E-state index contributed by atoms with van der Waals surface area (Å²) in [6.07, 6.45) is 4.39. The van der Waals surface area contributed by atoms with Gasteiger partial charge >= 0.3 is 0 Å². The molecule has 3 amide bonds. The lowest BCUT2D eigenvalue weighted by Crippen LogP contribution is -2.23. The van der Waals surface area contributed by atoms with Gasteiger partial charge in [0.05, 0.1) is 16.8 Å². The van der Waals surface area contributed by atoms with Crippen LogP contribution in [0.25, 0.3) is 32.9 Å². The molecule has 5 aromatic rings. The van der Waals surface area contributed by atoms with Gasteiger partial charge in [-0.2, -0.15) is 0 Å². The van der Waals surface area contributed by atoms with E-state index in [-0.39, 0.29) is 17.3 Å². The Bertz CT molecular complexity index is 1650. The number of primary amides is 1. The Hall–Kier alpha value is -4.92. The smallest absolute Gasteiger partial charge is 0.291 e. The number of H-pyrrole nitrogens is 2. The van der Waals surface area contributed by atoms with Gasteiger partial charge in [0.2, 0.25) is 5.91 Å². The van der Waals surface area contributed by atoms with E-state index in [0.29, 0.717) is 29.7 Å². The zero-order valence-corrected chi connectivity index (χ0v) is 19.2. The summed E-state index contributed by atoms with van der Waals surface area (Å²) in [5, 5.41) is 4.52. The number of rotatable bonds is 5. The maximum atomic E-state index is 13.0. The molecule has 5 N–H and O–H groups in total. The molecule has 1 aliphatic heterocycles. The molecule has 9 heteroatoms. The molecular weight excluding hydrogens is 456 g/mol. The molecule has 2 aromatic heterocycles. The van der Waals surface area contributed by atoms with E-state index in [1.54, 1.807) is 11.1 Å². The molecule has 0 aliphatic carbocycles. The molecule has 0 atom stereocenters. The van der Waals surface area contributed by atoms with Gasteiger partial charge in [0, 0.05) is 52.9 Å². The molecule has 6 rings (SSSR count). The predicted octanol–water partition coefficient (Wildman–Crippen LogP) is 4.19. The van der Waals surface area contributed by atoms with Crippen LogP contribution >= 0.6 is 0 Å². The van der Waals surface area contributed by atoms with Crippen molar-refractivity contribution in [2.75, 3.05) is 16.8 Å². The average molecular weight is 479 g/mol. The van der Waals surface area contributed by atoms with Crippen molar-refractivity contribution in [1.82, 2.24) is 15.0 Å². The topological polar surface area (TPSA) is 137 Å². The highest BCUT2D eigenvalue weighted by Crippen LogP contribution is 2.40. The highest BCUT2D eigenvalue weighted by Gasteiger charge is 2.25. The van der Waals surface area contributed by atoms with Gasteiger partial charge < -0.3 is 25.9 Å². The Balaban J connectivity index is 1.60. The van der Waals surface area contributed by atoms with E-state index in [4.69, 9.17) is 5.73 Å². The van der Waals surface area contributed by atoms with Crippen LogP contribution < -0.4 is 16.0 Å². The summed E-state index contributed by atoms with van der Waals surface area (Å²) in [5.74, 6) is -0.974. The van der Waals surface area contributed by atoms with Gasteiger partial charge in [-0.25, -0.2) is 4.98 Å². The Labute approximate surface area is 205 Å². The normalized spacial score (nSPS) is 13.6. The summed E-state index contributed by atoms with van der Waals surface area (Å²) in [5.41, 5.74) is 9.90. The third kappa shape index (κ3) is 3.49. The van der Waals surface area contributed by atoms with Gasteiger partial charge in [-0.05, 0) is 30.2 Å². The van der Waals surface area contributed by atoms with Crippen molar-refractivity contribution >= 4 is 50.9 Å². The Kier molecular flexibility index (Phi) is 5.03. The molecule has 178 valence electrons. The molecule has 0 radical (unpaired) electrons. The minimum absolute atomic E-state index is 0.0950. The molecule has 9 nitrogen and oxygen atoms in total. The van der Waals surface area contributed by atoms with Crippen LogP contribution in [0.3, 0.4) is 0 Å². The second-order valence-electron chi connectivity index (χ2n) is 8.72. The monoisotopic (exact) mass is 478 g/mol. The van der Waals surface area contributed by atoms with E-state index in [2.05, 4.69) is 20.3 Å². The van der Waals surface area contributed by atoms with Crippen molar-refractivity contribution in [3.8, 4) is 11.1 Å². The van der Waals surface area contributed by atoms with Crippen LogP contribution in [0.2, 0.25) is 0 Å². The minimum Gasteiger partial charge on any atom is -0.365 e. The first-order valence-electron chi connectivity index (χ1n) is 11.6. The Morgan fingerprint density at radius 3 is 2.58 bits per heavy atom. The average Bonchev–Trinajstić information content (AvgIpc) is 3.63. The first-order chi connectivity index (χ1) is 17.5. The molecule has 0 bridgehead atoms. The number of fused-ring (bicyclic) bond motifs is 3. The van der Waals surface area contributed by atoms with Gasteiger partial charge in [0.25, 0.3) is 11.8 Å². The first kappa shape index (κ1) is 21.6. The van der Waals surface area contributed by atoms with Gasteiger partial charge in [0.1, 0.15) is 0 Å². The maximum absolute atomic E-state index is 13.0. The van der Waals surface area contributed by atoms with Gasteiger partial charge in [0.15, 0.2) is 5.82 Å². The number of aromatic amines is 2. The van der Waals surface area contributed by atoms with E-state index < -0.39 is 11.8 Å². The lowest BCUT2D eigenvalue weighted by molar-refractivity contribution is -0.117. The lowest BCUT2D eigenvalue weighted by Gasteiger charge is -2.16. The fourth-order valence-electron chi connectivity index (χ4n) is 4.90. The zero-order chi connectivity index (χ0) is 24.8. The van der Waals surface area contributed by atoms with Crippen LogP contribution in [0, 0.1) is 0 Å². The molecule has 0 unspecified atom stereocenters. The molecule has 1 fully saturated rings. The number of hydrogen-bond donors (Lipinski definition) is 4. The number of imidazole rings is 1. The van der Waals surface area contributed by atoms with Crippen LogP contribution in [0.5, 0.6) is 0 Å². The number of hydrogen-bond acceptors (Lipinski definition) is 4. The van der Waals surface area contributed by atoms with Crippen molar-refractivity contribution in [2.24, 2.45) is 5.73 Å². The van der Waals surface area contributed by atoms with Gasteiger partial charge in [-0.15, -0.1) is 0 Å². The van der Waals surface area contributed by atoms with E-state index >= 15 is 0 Å². The number of carbonyl (C=O) groups excluding carboxylic acids is 3. The van der Waals surface area contributed by atoms with Gasteiger partial charge in [-0.3, -0.25) is 14.4 Å². The number of aromatic nitrogens is 3. The molecule has 36 heavy (non-hydrogen) atoms. The van der Waals surface area contributed by atoms with Crippen molar-refractivity contribution in [3.63, 3.8) is 0 Å². The molecule has 1 saturated heterocycles. The van der Waals surface area contributed by atoms with E-state index in [9.17, 15) is 14.4 Å². The van der Waals surface area contributed by atoms with E-state index in [1.807, 2.05) is 54.6 Å². The molecule has 3 aromatic carbocycles. The summed E-state index contributed by atoms with van der Waals surface area (Å²) >= 11 is 0. The van der Waals surface area contributed by atoms with Gasteiger partial charge in [-0.1, -0.05) is 36.4 Å². The van der Waals surface area contributed by atoms with Crippen LogP contribution in [0.4, 0.5) is 11.4 Å². The standard InChI is InChI=1S/C27H22N6O3/c28-25(35)22-23(32-27(36)26-29-10-11-30-26)18(15-5-2-1-3-6-15)14-19-17-9-8-16(13-20(17)31-24(19)22)33-12-4-7-21(33)34/h1-3,5-6,8-11,13-14,31H,4,7,12H2,(H2,28,35)(H,29,30)(H,32,36). The number of nitrogens with zero attached hydrogens (tertiary/aromatic N) is 2. The second-order valence-corrected chi connectivity index (χ2v) is 8.72. The third-order valence-electron chi connectivity index (χ3n) is 6.55. The summed E-state index contributed by atoms with van der Waals surface area (Å²) in [6, 6.07) is 17.2. The minimum atomic E-state index is -0.686. The van der Waals surface area contributed by atoms with Crippen LogP contribution in [0.15, 0.2) is 67.0 Å². The number of anilines is 2. The highest BCUT2D eigenvalue weighted by atomic mass is 16.2. The zero-order valence-electron chi connectivity index (χ0n) is 19.2. The van der Waals surface area contributed by atoms with Crippen molar-refractivity contribution in [2.45, 2.75) is 12.8 Å². The Morgan fingerprint density at radius 2 is 1.89 bits per heavy atom. The van der Waals surface area contributed by atoms with Crippen LogP contribution in [0.1, 0.15) is 33.8 Å². The summed E-state index contributed by atoms with van der Waals surface area (Å²) in [6.45, 7) is 0.679. The SMILES string of the molecule is NC(=O)c1c(NC(=O)c2ncc[nH]2)c(-c2ccccc2)cc2c1[nH]c1cc(N3CCCC3=O)ccc12. The second kappa shape index (κ2) is 8.38. The maximum Gasteiger partial charge on any atom is 0.291 e. The number of nitrogens with two attached hydrogens (primary N) is 1. The van der Waals surface area contributed by atoms with Crippen LogP contribution in [-0.2, 0) is 4.79 Å². The summed E-state index contributed by atoms with van der Waals surface area (Å²) in [7, 11) is 0. The molecule has 0 spiro atoms. The first-order valence-corrected chi connectivity index (χ1v) is 11.6. The lowest BCUT2D eigenvalue weighted by atomic mass is 9.95. The number of benzene rings is 3. The Morgan fingerprint density at radius 1 is 1.06 bits per heavy atom. The number of nitrogens with one attached hydrogen (secondary N) is 3. The largest absolute Gasteiger partial charge is 0.365 e. The summed E-state index contributed by atoms with van der Waals surface area (Å²) < 4.78 is 0. The molecule has 1 aliphatic rings. The van der Waals surface area contributed by atoms with E-state index in [1.165, 1.54) is 6.20 Å². The fourth-order valence-corrected chi connectivity index (χ4v) is 4.90. The molecule has 3 heterocycles.